The molecular weight excluding hydrogens is 1170 g/mol. The molecule has 0 bridgehead atoms. The summed E-state index contributed by atoms with van der Waals surface area (Å²) in [5.41, 5.74) is 20.3. The zero-order chi connectivity index (χ0) is 60.1. The highest BCUT2D eigenvalue weighted by atomic mass is 79.9. The molecule has 0 spiro atoms. The number of benzene rings is 14. The van der Waals surface area contributed by atoms with Gasteiger partial charge in [0, 0.05) is 103 Å². The van der Waals surface area contributed by atoms with Crippen molar-refractivity contribution in [3.8, 4) is 28.4 Å². The second-order valence-corrected chi connectivity index (χ2v) is 24.2. The Kier molecular flexibility index (Phi) is 12.3. The molecule has 7 heteroatoms. The Morgan fingerprint density at radius 1 is 0.198 bits per heavy atom. The molecule has 0 saturated carbocycles. The number of aromatic amines is 1. The van der Waals surface area contributed by atoms with E-state index in [1.807, 2.05) is 30.3 Å². The van der Waals surface area contributed by atoms with Gasteiger partial charge in [-0.2, -0.15) is 0 Å². The molecule has 91 heavy (non-hydrogen) atoms. The summed E-state index contributed by atoms with van der Waals surface area (Å²) in [6, 6.07) is 117. The molecule has 0 unspecified atom stereocenters. The number of fused-ring (bicyclic) bond motifs is 24. The van der Waals surface area contributed by atoms with Gasteiger partial charge in [-0.25, -0.2) is 0 Å². The van der Waals surface area contributed by atoms with Gasteiger partial charge in [0.15, 0.2) is 0 Å². The number of nitrogens with one attached hydrogen (secondary N) is 1. The Labute approximate surface area is 531 Å². The van der Waals surface area contributed by atoms with Crippen LogP contribution < -0.4 is 0 Å². The van der Waals surface area contributed by atoms with Gasteiger partial charge in [-0.15, -0.1) is 0 Å². The zero-order valence-electron chi connectivity index (χ0n) is 49.3. The molecule has 0 saturated heterocycles. The van der Waals surface area contributed by atoms with Crippen LogP contribution in [0.4, 0.5) is 0 Å². The third-order valence-corrected chi connectivity index (χ3v) is 18.8. The van der Waals surface area contributed by atoms with Crippen molar-refractivity contribution in [3.05, 3.63) is 332 Å². The van der Waals surface area contributed by atoms with Gasteiger partial charge in [-0.3, -0.25) is 0 Å². The van der Waals surface area contributed by atoms with E-state index in [1.165, 1.54) is 125 Å². The average Bonchev–Trinajstić information content (AvgIpc) is 1.52. The van der Waals surface area contributed by atoms with Crippen molar-refractivity contribution in [2.45, 2.75) is 0 Å². The lowest BCUT2D eigenvalue weighted by molar-refractivity contribution is 1.17. The number of halogens is 1. The third kappa shape index (κ3) is 8.04. The summed E-state index contributed by atoms with van der Waals surface area (Å²) in [4.78, 5) is 3.87. The number of hydrogen-bond acceptors (Lipinski definition) is 0. The van der Waals surface area contributed by atoms with Crippen LogP contribution in [0, 0.1) is 0 Å². The van der Waals surface area contributed by atoms with E-state index in [2.05, 4.69) is 341 Å². The van der Waals surface area contributed by atoms with Crippen LogP contribution in [0.5, 0.6) is 0 Å². The predicted molar refractivity (Wildman–Crippen MR) is 388 cm³/mol. The van der Waals surface area contributed by atoms with Crippen LogP contribution in [0.2, 0.25) is 0 Å². The topological polar surface area (TPSA) is 40.4 Å². The van der Waals surface area contributed by atoms with Crippen molar-refractivity contribution in [2.24, 2.45) is 0 Å². The van der Waals surface area contributed by atoms with Crippen LogP contribution in [0.3, 0.4) is 0 Å². The summed E-state index contributed by atoms with van der Waals surface area (Å²) in [6.07, 6.45) is 0. The van der Waals surface area contributed by atoms with E-state index in [9.17, 15) is 0 Å². The minimum atomic E-state index is 1.13. The lowest BCUT2D eigenvalue weighted by atomic mass is 10.0. The van der Waals surface area contributed by atoms with Crippen LogP contribution in [-0.2, 0) is 0 Å². The molecule has 0 fully saturated rings. The quantitative estimate of drug-likeness (QED) is 0.178. The van der Waals surface area contributed by atoms with Crippen molar-refractivity contribution < 1.29 is 0 Å². The maximum absolute atomic E-state index is 3.87. The Hall–Kier alpha value is -11.6. The second kappa shape index (κ2) is 21.3. The first-order valence-electron chi connectivity index (χ1n) is 31.0. The highest BCUT2D eigenvalue weighted by Crippen LogP contribution is 2.52. The van der Waals surface area contributed by atoms with E-state index in [-0.39, 0.29) is 0 Å². The largest absolute Gasteiger partial charge is 0.354 e. The Bertz CT molecular complexity index is 5770. The lowest BCUT2D eigenvalue weighted by Gasteiger charge is -2.13. The molecular formula is C84H55BrN6. The number of aromatic nitrogens is 6. The molecule has 20 rings (SSSR count). The maximum Gasteiger partial charge on any atom is 0.0663 e. The number of hydrogen-bond donors (Lipinski definition) is 1. The Morgan fingerprint density at radius 2 is 0.407 bits per heavy atom. The highest BCUT2D eigenvalue weighted by Gasteiger charge is 2.30. The number of H-pyrrole nitrogens is 1. The first kappa shape index (κ1) is 52.5. The molecule has 6 aromatic heterocycles. The fourth-order valence-corrected chi connectivity index (χ4v) is 15.1. The molecule has 6 heterocycles. The zero-order valence-corrected chi connectivity index (χ0v) is 50.9. The van der Waals surface area contributed by atoms with Crippen LogP contribution in [-0.4, -0.2) is 27.8 Å². The average molecular weight is 1230 g/mol. The third-order valence-electron chi connectivity index (χ3n) is 18.3. The van der Waals surface area contributed by atoms with E-state index in [4.69, 9.17) is 0 Å². The van der Waals surface area contributed by atoms with Crippen molar-refractivity contribution in [2.75, 3.05) is 0 Å². The number of nitrogens with zero attached hydrogens (tertiary/aromatic N) is 5. The minimum Gasteiger partial charge on any atom is -0.354 e. The normalized spacial score (nSPS) is 11.8. The van der Waals surface area contributed by atoms with E-state index in [1.54, 1.807) is 0 Å². The monoisotopic (exact) mass is 1230 g/mol. The first-order valence-corrected chi connectivity index (χ1v) is 31.8. The molecule has 20 aromatic rings. The fraction of sp³-hybridized carbons (Fsp3) is 0. The van der Waals surface area contributed by atoms with Gasteiger partial charge in [0.1, 0.15) is 0 Å². The van der Waals surface area contributed by atoms with Gasteiger partial charge in [0.25, 0.3) is 0 Å². The van der Waals surface area contributed by atoms with Gasteiger partial charge in [-0.1, -0.05) is 234 Å². The van der Waals surface area contributed by atoms with Gasteiger partial charge < -0.3 is 27.8 Å². The van der Waals surface area contributed by atoms with E-state index in [0.717, 1.165) is 38.4 Å². The van der Waals surface area contributed by atoms with Crippen molar-refractivity contribution >= 4 is 147 Å². The first-order chi connectivity index (χ1) is 45.2. The lowest BCUT2D eigenvalue weighted by Crippen LogP contribution is -1.97. The number of para-hydroxylation sites is 11. The minimum absolute atomic E-state index is 1.13. The van der Waals surface area contributed by atoms with E-state index >= 15 is 0 Å². The Morgan fingerprint density at radius 3 is 0.681 bits per heavy atom. The van der Waals surface area contributed by atoms with Gasteiger partial charge in [-0.05, 0) is 109 Å². The smallest absolute Gasteiger partial charge is 0.0663 e. The molecule has 6 nitrogen and oxygen atoms in total. The Balaban J connectivity index is 0.000000123. The molecule has 1 N–H and O–H groups in total. The van der Waals surface area contributed by atoms with Crippen LogP contribution >= 0.6 is 15.9 Å². The highest BCUT2D eigenvalue weighted by molar-refractivity contribution is 9.10. The van der Waals surface area contributed by atoms with Crippen molar-refractivity contribution in [1.29, 1.82) is 0 Å². The van der Waals surface area contributed by atoms with Crippen LogP contribution in [0.1, 0.15) is 0 Å². The van der Waals surface area contributed by atoms with E-state index < -0.39 is 0 Å². The summed E-state index contributed by atoms with van der Waals surface area (Å²) in [5.74, 6) is 0. The molecule has 0 amide bonds. The van der Waals surface area contributed by atoms with Gasteiger partial charge >= 0.3 is 0 Å². The molecule has 0 radical (unpaired) electrons. The second-order valence-electron chi connectivity index (χ2n) is 23.3. The summed E-state index contributed by atoms with van der Waals surface area (Å²) in [5, 5.41) is 15.1. The SMILES string of the molecule is Brc1ccccc1.c1ccc(-n2c3ccccc3c3c2c2c4ccccc4n(-c4ccccc4)c2c2c4ccccc4n(-c4ccccc4)c32)cc1.c1ccc(-n2c3ccccc3c3c4[nH]c5ccccc5c4c4c(c5ccccc5n4-c4ccccc4)c32)cc1. The maximum atomic E-state index is 3.87. The van der Waals surface area contributed by atoms with Gasteiger partial charge in [0.05, 0.1) is 60.7 Å². The molecule has 0 aliphatic heterocycles. The summed E-state index contributed by atoms with van der Waals surface area (Å²) in [6.45, 7) is 0. The van der Waals surface area contributed by atoms with E-state index in [0.29, 0.717) is 0 Å². The molecule has 0 aliphatic rings. The predicted octanol–water partition coefficient (Wildman–Crippen LogP) is 22.9. The summed E-state index contributed by atoms with van der Waals surface area (Å²) in [7, 11) is 0. The summed E-state index contributed by atoms with van der Waals surface area (Å²) >= 11 is 3.31. The van der Waals surface area contributed by atoms with Crippen molar-refractivity contribution in [1.82, 2.24) is 27.8 Å². The molecule has 428 valence electrons. The van der Waals surface area contributed by atoms with Crippen molar-refractivity contribution in [3.63, 3.8) is 0 Å². The standard InChI is InChI=1S/C42H27N3.C36H23N3.C6H5Br/c1-4-16-28(17-5-1)43-34-25-13-10-22-31(34)37-40(43)38-32-23-11-14-26-35(32)44(29-18-6-2-7-19-29)42(38)39-33-24-12-15-27-36(33)45(41(37)39)30-20-8-3-9-21-30;1-3-13-23(14-4-1)38-29-21-11-8-18-26(29)32-34-31(25-17-7-10-20-28(25)37-34)35-33(36(32)38)27-19-9-12-22-30(27)39(35)24-15-5-2-6-16-24;7-6-4-2-1-3-5-6/h1-27H;1-22,37H;1-5H. The molecule has 14 aromatic carbocycles. The molecule has 0 atom stereocenters. The van der Waals surface area contributed by atoms with Gasteiger partial charge in [0.2, 0.25) is 0 Å². The van der Waals surface area contributed by atoms with Crippen LogP contribution in [0.15, 0.2) is 332 Å². The molecule has 0 aliphatic carbocycles. The fourth-order valence-electron chi connectivity index (χ4n) is 14.8. The number of rotatable bonds is 5. The van der Waals surface area contributed by atoms with Crippen LogP contribution in [0.25, 0.3) is 159 Å². The summed E-state index contributed by atoms with van der Waals surface area (Å²) < 4.78 is 13.5.